The van der Waals surface area contributed by atoms with E-state index < -0.39 is 5.97 Å². The van der Waals surface area contributed by atoms with Crippen molar-refractivity contribution < 1.29 is 14.3 Å². The third-order valence-corrected chi connectivity index (χ3v) is 2.04. The topological polar surface area (TPSA) is 43.4 Å². The van der Waals surface area contributed by atoms with Crippen molar-refractivity contribution in [3.8, 4) is 0 Å². The summed E-state index contributed by atoms with van der Waals surface area (Å²) in [5, 5.41) is 0. The number of rotatable bonds is 5. The zero-order chi connectivity index (χ0) is 12.7. The maximum absolute atomic E-state index is 11.6. The molecule has 0 saturated heterocycles. The number of Topliss-reactive ketones (excluding diaryl/α,β-unsaturated/α-hetero) is 1. The Morgan fingerprint density at radius 1 is 1.29 bits per heavy atom. The summed E-state index contributed by atoms with van der Waals surface area (Å²) in [7, 11) is 0. The minimum Gasteiger partial charge on any atom is -0.458 e. The SMILES string of the molecule is C=CCOC(=O)/C(=C\c1ccccc1)C(C)=O. The number of ketones is 1. The Hall–Kier alpha value is -2.16. The molecule has 17 heavy (non-hydrogen) atoms. The van der Waals surface area contributed by atoms with Crippen molar-refractivity contribution in [3.63, 3.8) is 0 Å². The van der Waals surface area contributed by atoms with E-state index in [0.29, 0.717) is 0 Å². The first kappa shape index (κ1) is 12.9. The minimum absolute atomic E-state index is 0.0399. The molecule has 88 valence electrons. The highest BCUT2D eigenvalue weighted by molar-refractivity contribution is 6.19. The first-order valence-corrected chi connectivity index (χ1v) is 5.21. The van der Waals surface area contributed by atoms with Gasteiger partial charge in [-0.05, 0) is 18.6 Å². The van der Waals surface area contributed by atoms with Gasteiger partial charge in [-0.25, -0.2) is 4.79 Å². The van der Waals surface area contributed by atoms with Crippen LogP contribution < -0.4 is 0 Å². The molecule has 0 amide bonds. The lowest BCUT2D eigenvalue weighted by Gasteiger charge is -2.03. The zero-order valence-electron chi connectivity index (χ0n) is 9.68. The fourth-order valence-electron chi connectivity index (χ4n) is 1.23. The second-order valence-electron chi connectivity index (χ2n) is 3.41. The molecule has 0 atom stereocenters. The van der Waals surface area contributed by atoms with Crippen LogP contribution in [-0.4, -0.2) is 18.4 Å². The molecule has 0 N–H and O–H groups in total. The van der Waals surface area contributed by atoms with Gasteiger partial charge in [-0.3, -0.25) is 4.79 Å². The second kappa shape index (κ2) is 6.43. The first-order valence-electron chi connectivity index (χ1n) is 5.21. The summed E-state index contributed by atoms with van der Waals surface area (Å²) >= 11 is 0. The van der Waals surface area contributed by atoms with Gasteiger partial charge < -0.3 is 4.74 Å². The lowest BCUT2D eigenvalue weighted by Crippen LogP contribution is -2.13. The molecule has 0 saturated carbocycles. The van der Waals surface area contributed by atoms with E-state index in [1.54, 1.807) is 0 Å². The number of carbonyl (C=O) groups is 2. The van der Waals surface area contributed by atoms with E-state index in [-0.39, 0.29) is 18.0 Å². The molecule has 0 aliphatic carbocycles. The van der Waals surface area contributed by atoms with Gasteiger partial charge in [0.05, 0.1) is 0 Å². The number of carbonyl (C=O) groups excluding carboxylic acids is 2. The lowest BCUT2D eigenvalue weighted by atomic mass is 10.1. The van der Waals surface area contributed by atoms with E-state index >= 15 is 0 Å². The monoisotopic (exact) mass is 230 g/mol. The minimum atomic E-state index is -0.624. The average molecular weight is 230 g/mol. The molecule has 0 unspecified atom stereocenters. The molecule has 0 aromatic heterocycles. The number of hydrogen-bond acceptors (Lipinski definition) is 3. The van der Waals surface area contributed by atoms with Crippen molar-refractivity contribution in [2.45, 2.75) is 6.92 Å². The Morgan fingerprint density at radius 2 is 1.94 bits per heavy atom. The molecule has 0 heterocycles. The van der Waals surface area contributed by atoms with Crippen molar-refractivity contribution in [1.29, 1.82) is 0 Å². The van der Waals surface area contributed by atoms with Crippen molar-refractivity contribution in [2.75, 3.05) is 6.61 Å². The number of ether oxygens (including phenoxy) is 1. The van der Waals surface area contributed by atoms with Crippen molar-refractivity contribution >= 4 is 17.8 Å². The largest absolute Gasteiger partial charge is 0.458 e. The molecule has 0 radical (unpaired) electrons. The first-order chi connectivity index (χ1) is 8.15. The van der Waals surface area contributed by atoms with Gasteiger partial charge in [0.1, 0.15) is 12.2 Å². The third-order valence-electron chi connectivity index (χ3n) is 2.04. The maximum atomic E-state index is 11.6. The zero-order valence-corrected chi connectivity index (χ0v) is 9.68. The fraction of sp³-hybridized carbons (Fsp3) is 0.143. The molecule has 0 aliphatic rings. The molecule has 0 spiro atoms. The van der Waals surface area contributed by atoms with Crippen LogP contribution in [0.5, 0.6) is 0 Å². The maximum Gasteiger partial charge on any atom is 0.342 e. The van der Waals surface area contributed by atoms with Crippen molar-refractivity contribution in [1.82, 2.24) is 0 Å². The van der Waals surface area contributed by atoms with E-state index in [9.17, 15) is 9.59 Å². The van der Waals surface area contributed by atoms with E-state index in [4.69, 9.17) is 4.74 Å². The Bertz CT molecular complexity index is 444. The predicted molar refractivity (Wildman–Crippen MR) is 66.3 cm³/mol. The molecular formula is C14H14O3. The van der Waals surface area contributed by atoms with Crippen LogP contribution in [0.2, 0.25) is 0 Å². The molecule has 1 rings (SSSR count). The predicted octanol–water partition coefficient (Wildman–Crippen LogP) is 2.39. The van der Waals surface area contributed by atoms with Crippen LogP contribution in [-0.2, 0) is 14.3 Å². The Labute approximate surface area is 100 Å². The normalized spacial score (nSPS) is 10.8. The summed E-state index contributed by atoms with van der Waals surface area (Å²) in [6.07, 6.45) is 2.98. The average Bonchev–Trinajstić information content (AvgIpc) is 2.34. The summed E-state index contributed by atoms with van der Waals surface area (Å²) in [5.41, 5.74) is 0.825. The molecule has 1 aromatic rings. The number of benzene rings is 1. The van der Waals surface area contributed by atoms with Crippen LogP contribution in [0.15, 0.2) is 48.6 Å². The van der Waals surface area contributed by atoms with Gasteiger partial charge in [0.2, 0.25) is 0 Å². The molecule has 0 aliphatic heterocycles. The van der Waals surface area contributed by atoms with E-state index in [2.05, 4.69) is 6.58 Å². The summed E-state index contributed by atoms with van der Waals surface area (Å²) in [5.74, 6) is -0.941. The van der Waals surface area contributed by atoms with E-state index in [1.807, 2.05) is 30.3 Å². The van der Waals surface area contributed by atoms with Gasteiger partial charge in [0.25, 0.3) is 0 Å². The van der Waals surface area contributed by atoms with Crippen LogP contribution in [0, 0.1) is 0 Å². The molecule has 1 aromatic carbocycles. The van der Waals surface area contributed by atoms with Gasteiger partial charge in [-0.1, -0.05) is 43.0 Å². The molecule has 3 nitrogen and oxygen atoms in total. The van der Waals surface area contributed by atoms with Crippen molar-refractivity contribution in [2.24, 2.45) is 0 Å². The van der Waals surface area contributed by atoms with E-state index in [1.165, 1.54) is 19.1 Å². The van der Waals surface area contributed by atoms with Crippen molar-refractivity contribution in [3.05, 3.63) is 54.1 Å². The van der Waals surface area contributed by atoms with Gasteiger partial charge in [0, 0.05) is 0 Å². The molecular weight excluding hydrogens is 216 g/mol. The summed E-state index contributed by atoms with van der Waals surface area (Å²) in [6.45, 7) is 4.87. The Balaban J connectivity index is 2.93. The fourth-order valence-corrected chi connectivity index (χ4v) is 1.23. The Morgan fingerprint density at radius 3 is 2.47 bits per heavy atom. The highest BCUT2D eigenvalue weighted by atomic mass is 16.5. The van der Waals surface area contributed by atoms with Crippen LogP contribution in [0.3, 0.4) is 0 Å². The number of esters is 1. The van der Waals surface area contributed by atoms with E-state index in [0.717, 1.165) is 5.56 Å². The van der Waals surface area contributed by atoms with Gasteiger partial charge in [-0.2, -0.15) is 0 Å². The molecule has 0 fully saturated rings. The Kier molecular flexibility index (Phi) is 4.88. The van der Waals surface area contributed by atoms with Gasteiger partial charge in [-0.15, -0.1) is 0 Å². The lowest BCUT2D eigenvalue weighted by molar-refractivity contribution is -0.139. The van der Waals surface area contributed by atoms with Crippen LogP contribution in [0.4, 0.5) is 0 Å². The summed E-state index contributed by atoms with van der Waals surface area (Å²) < 4.78 is 4.84. The molecule has 0 bridgehead atoms. The summed E-state index contributed by atoms with van der Waals surface area (Å²) in [4.78, 5) is 22.9. The smallest absolute Gasteiger partial charge is 0.342 e. The highest BCUT2D eigenvalue weighted by Crippen LogP contribution is 2.09. The second-order valence-corrected chi connectivity index (χ2v) is 3.41. The van der Waals surface area contributed by atoms with Crippen LogP contribution in [0.1, 0.15) is 12.5 Å². The summed E-state index contributed by atoms with van der Waals surface area (Å²) in [6, 6.07) is 9.14. The van der Waals surface area contributed by atoms with Crippen LogP contribution in [0.25, 0.3) is 6.08 Å². The van der Waals surface area contributed by atoms with Crippen LogP contribution >= 0.6 is 0 Å². The third kappa shape index (κ3) is 4.07. The molecule has 3 heteroatoms. The standard InChI is InChI=1S/C14H14O3/c1-3-9-17-14(16)13(11(2)15)10-12-7-5-4-6-8-12/h3-8,10H,1,9H2,2H3/b13-10-. The number of hydrogen-bond donors (Lipinski definition) is 0. The van der Waals surface area contributed by atoms with Gasteiger partial charge >= 0.3 is 5.97 Å². The highest BCUT2D eigenvalue weighted by Gasteiger charge is 2.15. The quantitative estimate of drug-likeness (QED) is 0.256. The van der Waals surface area contributed by atoms with Gasteiger partial charge in [0.15, 0.2) is 5.78 Å².